The van der Waals surface area contributed by atoms with Crippen LogP contribution in [-0.2, 0) is 23.9 Å². The molecule has 7 aliphatic rings. The molecule has 3 N–H and O–H groups in total. The molecule has 0 amide bonds. The SMILES string of the molecule is C=CC1C2C(C=CC=CC=CC=CCCC)C3C(=O)OCC4(C)C5C6C=C(CO)CC7(O)C(=O)C(C)=CC7C6(O)C(C)CC54OC(=O)CC=CC3C12. The number of ketones is 1. The molecule has 4 fully saturated rings. The van der Waals surface area contributed by atoms with Crippen LogP contribution in [-0.4, -0.2) is 63.1 Å². The molecule has 0 bridgehead atoms. The number of aliphatic hydroxyl groups is 3. The summed E-state index contributed by atoms with van der Waals surface area (Å²) < 4.78 is 12.7. The summed E-state index contributed by atoms with van der Waals surface area (Å²) in [5, 5.41) is 35.1. The lowest BCUT2D eigenvalue weighted by Gasteiger charge is -2.50. The van der Waals surface area contributed by atoms with E-state index in [0.29, 0.717) is 11.1 Å². The van der Waals surface area contributed by atoms with Crippen LogP contribution in [0.4, 0.5) is 0 Å². The Morgan fingerprint density at radius 3 is 2.46 bits per heavy atom. The Morgan fingerprint density at radius 2 is 1.75 bits per heavy atom. The second-order valence-corrected chi connectivity index (χ2v) is 16.8. The van der Waals surface area contributed by atoms with E-state index in [1.807, 2.05) is 68.5 Å². The summed E-state index contributed by atoms with van der Waals surface area (Å²) in [5.41, 5.74) is -4.57. The lowest BCUT2D eigenvalue weighted by Crippen LogP contribution is -2.61. The van der Waals surface area contributed by atoms with Crippen molar-refractivity contribution >= 4 is 17.7 Å². The molecule has 14 unspecified atom stereocenters. The van der Waals surface area contributed by atoms with Crippen LogP contribution >= 0.6 is 0 Å². The van der Waals surface area contributed by atoms with Gasteiger partial charge in [0, 0.05) is 29.6 Å². The molecule has 1 heterocycles. The highest BCUT2D eigenvalue weighted by atomic mass is 16.6. The summed E-state index contributed by atoms with van der Waals surface area (Å²) in [4.78, 5) is 41.4. The Morgan fingerprint density at radius 1 is 1.02 bits per heavy atom. The Kier molecular flexibility index (Phi) is 9.45. The fraction of sp³-hybridized carbons (Fsp3) is 0.568. The molecule has 4 saturated carbocycles. The van der Waals surface area contributed by atoms with E-state index < -0.39 is 64.2 Å². The smallest absolute Gasteiger partial charge is 0.310 e. The number of unbranched alkanes of at least 4 members (excludes halogenated alkanes) is 1. The van der Waals surface area contributed by atoms with Gasteiger partial charge in [-0.2, -0.15) is 0 Å². The fourth-order valence-electron chi connectivity index (χ4n) is 11.6. The molecule has 52 heavy (non-hydrogen) atoms. The number of rotatable bonds is 8. The maximum absolute atomic E-state index is 14.3. The van der Waals surface area contributed by atoms with Crippen LogP contribution in [0.15, 0.2) is 96.7 Å². The number of ether oxygens (including phenoxy) is 2. The molecular weight excluding hydrogens is 656 g/mol. The van der Waals surface area contributed by atoms with E-state index in [9.17, 15) is 29.7 Å². The molecule has 0 radical (unpaired) electrons. The average Bonchev–Trinajstić information content (AvgIpc) is 3.89. The maximum Gasteiger partial charge on any atom is 0.310 e. The molecular formula is C44H54O8. The van der Waals surface area contributed by atoms with Crippen molar-refractivity contribution in [1.82, 2.24) is 0 Å². The van der Waals surface area contributed by atoms with Crippen molar-refractivity contribution in [2.45, 2.75) is 76.6 Å². The topological polar surface area (TPSA) is 130 Å². The average molecular weight is 711 g/mol. The standard InChI is InChI=1S/C44H54O8/c1-6-8-9-10-11-12-13-14-15-17-30-35-29(7-2)36(35)31-18-16-19-34(46)52-43-22-27(4)44(50)32(38(43)41(43,5)25-51-40(48)37(30)31)21-28(24-45)23-42(49)33(44)20-26(3)39(42)47/h7,9-18,20-21,27,29-33,35-38,45,49-50H,2,6,8,19,22-25H2,1,3-5H3. The summed E-state index contributed by atoms with van der Waals surface area (Å²) in [6, 6.07) is 0. The van der Waals surface area contributed by atoms with Gasteiger partial charge in [-0.3, -0.25) is 14.4 Å². The summed E-state index contributed by atoms with van der Waals surface area (Å²) in [7, 11) is 0. The van der Waals surface area contributed by atoms with Crippen molar-refractivity contribution in [2.24, 2.45) is 64.6 Å². The minimum atomic E-state index is -1.89. The van der Waals surface area contributed by atoms with Gasteiger partial charge < -0.3 is 24.8 Å². The Labute approximate surface area is 307 Å². The van der Waals surface area contributed by atoms with Crippen molar-refractivity contribution in [3.8, 4) is 0 Å². The second-order valence-electron chi connectivity index (χ2n) is 16.8. The van der Waals surface area contributed by atoms with Crippen molar-refractivity contribution in [3.63, 3.8) is 0 Å². The van der Waals surface area contributed by atoms with Gasteiger partial charge in [0.2, 0.25) is 0 Å². The van der Waals surface area contributed by atoms with Crippen molar-refractivity contribution in [2.75, 3.05) is 13.2 Å². The Hall–Kier alpha value is -3.59. The van der Waals surface area contributed by atoms with Crippen molar-refractivity contribution in [1.29, 1.82) is 0 Å². The van der Waals surface area contributed by atoms with E-state index in [2.05, 4.69) is 25.7 Å². The van der Waals surface area contributed by atoms with Gasteiger partial charge in [0.1, 0.15) is 17.8 Å². The molecule has 0 aromatic carbocycles. The predicted octanol–water partition coefficient (Wildman–Crippen LogP) is 5.93. The number of carbonyl (C=O) groups excluding carboxylic acids is 3. The first-order valence-electron chi connectivity index (χ1n) is 19.2. The molecule has 0 aromatic heterocycles. The largest absolute Gasteiger partial charge is 0.465 e. The van der Waals surface area contributed by atoms with Crippen LogP contribution in [0.2, 0.25) is 0 Å². The molecule has 14 atom stereocenters. The van der Waals surface area contributed by atoms with Crippen LogP contribution in [0.5, 0.6) is 0 Å². The molecule has 278 valence electrons. The highest BCUT2D eigenvalue weighted by Crippen LogP contribution is 2.77. The van der Waals surface area contributed by atoms with Crippen LogP contribution in [0, 0.1) is 64.6 Å². The van der Waals surface area contributed by atoms with Gasteiger partial charge in [-0.15, -0.1) is 6.58 Å². The molecule has 7 rings (SSSR count). The summed E-state index contributed by atoms with van der Waals surface area (Å²) in [6.07, 6.45) is 27.9. The van der Waals surface area contributed by atoms with E-state index >= 15 is 0 Å². The van der Waals surface area contributed by atoms with Crippen LogP contribution in [0.25, 0.3) is 0 Å². The first-order chi connectivity index (χ1) is 24.8. The van der Waals surface area contributed by atoms with Gasteiger partial charge in [-0.05, 0) is 66.4 Å². The summed E-state index contributed by atoms with van der Waals surface area (Å²) in [6.45, 7) is 11.3. The fourth-order valence-corrected chi connectivity index (χ4v) is 11.6. The number of allylic oxidation sites excluding steroid dienone is 10. The number of carbonyl (C=O) groups is 3. The lowest BCUT2D eigenvalue weighted by molar-refractivity contribution is -0.187. The first kappa shape index (κ1) is 36.8. The zero-order valence-electron chi connectivity index (χ0n) is 30.8. The van der Waals surface area contributed by atoms with E-state index in [1.54, 1.807) is 19.1 Å². The monoisotopic (exact) mass is 710 g/mol. The van der Waals surface area contributed by atoms with Gasteiger partial charge in [0.25, 0.3) is 0 Å². The zero-order chi connectivity index (χ0) is 37.2. The van der Waals surface area contributed by atoms with E-state index in [-0.39, 0.29) is 67.4 Å². The third-order valence-corrected chi connectivity index (χ3v) is 14.0. The minimum Gasteiger partial charge on any atom is -0.465 e. The number of fused-ring (bicyclic) bond motifs is 8. The molecule has 0 aromatic rings. The van der Waals surface area contributed by atoms with Gasteiger partial charge >= 0.3 is 11.9 Å². The number of Topliss-reactive ketones (excluding diaryl/α,β-unsaturated/α-hetero) is 1. The maximum atomic E-state index is 14.3. The number of aliphatic hydroxyl groups excluding tert-OH is 1. The summed E-state index contributed by atoms with van der Waals surface area (Å²) in [5.74, 6) is -3.61. The Balaban J connectivity index is 1.20. The van der Waals surface area contributed by atoms with Crippen LogP contribution < -0.4 is 0 Å². The normalized spacial score (nSPS) is 46.6. The van der Waals surface area contributed by atoms with Gasteiger partial charge in [-0.25, -0.2) is 0 Å². The molecule has 0 saturated heterocycles. The molecule has 1 aliphatic heterocycles. The number of esters is 2. The highest BCUT2D eigenvalue weighted by Gasteiger charge is 2.85. The van der Waals surface area contributed by atoms with Gasteiger partial charge in [0.05, 0.1) is 24.5 Å². The van der Waals surface area contributed by atoms with E-state index in [0.717, 1.165) is 12.8 Å². The van der Waals surface area contributed by atoms with Crippen LogP contribution in [0.1, 0.15) is 59.8 Å². The Bertz CT molecular complexity index is 1730. The van der Waals surface area contributed by atoms with Crippen molar-refractivity contribution in [3.05, 3.63) is 96.7 Å². The molecule has 1 spiro atoms. The third-order valence-electron chi connectivity index (χ3n) is 14.0. The van der Waals surface area contributed by atoms with E-state index in [4.69, 9.17) is 9.47 Å². The number of hydrogen-bond donors (Lipinski definition) is 3. The zero-order valence-corrected chi connectivity index (χ0v) is 30.8. The minimum absolute atomic E-state index is 0.0199. The molecule has 8 nitrogen and oxygen atoms in total. The molecule has 8 heteroatoms. The highest BCUT2D eigenvalue weighted by molar-refractivity contribution is 6.04. The van der Waals surface area contributed by atoms with Crippen LogP contribution in [0.3, 0.4) is 0 Å². The quantitative estimate of drug-likeness (QED) is 0.161. The summed E-state index contributed by atoms with van der Waals surface area (Å²) >= 11 is 0. The second kappa shape index (κ2) is 13.4. The number of hydrogen-bond acceptors (Lipinski definition) is 8. The van der Waals surface area contributed by atoms with Gasteiger partial charge in [0.15, 0.2) is 5.78 Å². The van der Waals surface area contributed by atoms with Gasteiger partial charge in [-0.1, -0.05) is 106 Å². The lowest BCUT2D eigenvalue weighted by atomic mass is 9.60. The van der Waals surface area contributed by atoms with Crippen molar-refractivity contribution < 1.29 is 39.2 Å². The molecule has 6 aliphatic carbocycles. The predicted molar refractivity (Wildman–Crippen MR) is 197 cm³/mol. The first-order valence-corrected chi connectivity index (χ1v) is 19.2. The van der Waals surface area contributed by atoms with E-state index in [1.165, 1.54) is 0 Å². The third kappa shape index (κ3) is 5.38. The number of cyclic esters (lactones) is 1.